The fourth-order valence-electron chi connectivity index (χ4n) is 0.296. The molecule has 0 aromatic rings. The van der Waals surface area contributed by atoms with Crippen LogP contribution in [0.1, 0.15) is 7.85 Å². The number of carbonyl (C=O) groups excluding carboxylic acids is 1. The van der Waals surface area contributed by atoms with Gasteiger partial charge in [-0.15, -0.1) is 0 Å². The molecular formula is C6H11KO2S. The number of hydrogen-bond donors (Lipinski definition) is 1. The summed E-state index contributed by atoms with van der Waals surface area (Å²) in [7, 11) is 0. The van der Waals surface area contributed by atoms with Crippen LogP contribution >= 0.6 is 12.6 Å². The van der Waals surface area contributed by atoms with E-state index in [4.69, 9.17) is 0 Å². The predicted molar refractivity (Wildman–Crippen MR) is 40.7 cm³/mol. The topological polar surface area (TPSA) is 26.3 Å². The molecule has 0 saturated carbocycles. The summed E-state index contributed by atoms with van der Waals surface area (Å²) >= 11 is 3.94. The number of rotatable bonds is 4. The molecule has 0 amide bonds. The second-order valence-electron chi connectivity index (χ2n) is 1.45. The van der Waals surface area contributed by atoms with Gasteiger partial charge in [-0.2, -0.15) is 12.6 Å². The van der Waals surface area contributed by atoms with Crippen molar-refractivity contribution in [1.82, 2.24) is 0 Å². The SMILES string of the molecule is C=CC(=O)OCCCS.[H-].[K+]. The Hall–Kier alpha value is 1.20. The first-order chi connectivity index (χ1) is 4.31. The molecule has 0 unspecified atom stereocenters. The molecule has 4 heteroatoms. The van der Waals surface area contributed by atoms with Crippen LogP contribution in [0.4, 0.5) is 0 Å². The summed E-state index contributed by atoms with van der Waals surface area (Å²) in [6.45, 7) is 3.68. The maximum atomic E-state index is 10.3. The summed E-state index contributed by atoms with van der Waals surface area (Å²) in [6, 6.07) is 0. The summed E-state index contributed by atoms with van der Waals surface area (Å²) in [6.07, 6.45) is 1.95. The molecule has 0 aromatic heterocycles. The third-order valence-corrected chi connectivity index (χ3v) is 1.03. The van der Waals surface area contributed by atoms with Crippen LogP contribution in [0.3, 0.4) is 0 Å². The largest absolute Gasteiger partial charge is 1.00 e. The Balaban J connectivity index is -0.000000320. The monoisotopic (exact) mass is 186 g/mol. The maximum Gasteiger partial charge on any atom is 1.00 e. The van der Waals surface area contributed by atoms with Gasteiger partial charge in [0.1, 0.15) is 0 Å². The fourth-order valence-corrected chi connectivity index (χ4v) is 0.425. The predicted octanol–water partition coefficient (Wildman–Crippen LogP) is -1.85. The van der Waals surface area contributed by atoms with Gasteiger partial charge >= 0.3 is 57.4 Å². The molecule has 10 heavy (non-hydrogen) atoms. The van der Waals surface area contributed by atoms with Crippen LogP contribution in [0.15, 0.2) is 12.7 Å². The van der Waals surface area contributed by atoms with E-state index < -0.39 is 0 Å². The molecule has 54 valence electrons. The van der Waals surface area contributed by atoms with Gasteiger partial charge in [0.15, 0.2) is 0 Å². The number of hydrogen-bond acceptors (Lipinski definition) is 3. The molecule has 0 aliphatic heterocycles. The van der Waals surface area contributed by atoms with E-state index in [-0.39, 0.29) is 58.8 Å². The molecule has 0 rings (SSSR count). The van der Waals surface area contributed by atoms with Crippen molar-refractivity contribution in [2.75, 3.05) is 12.4 Å². The van der Waals surface area contributed by atoms with E-state index in [1.807, 2.05) is 0 Å². The molecule has 0 bridgehead atoms. The van der Waals surface area contributed by atoms with Gasteiger partial charge in [0.25, 0.3) is 0 Å². The number of carbonyl (C=O) groups is 1. The van der Waals surface area contributed by atoms with Crippen LogP contribution in [0, 0.1) is 0 Å². The van der Waals surface area contributed by atoms with Crippen molar-refractivity contribution >= 4 is 18.6 Å². The molecule has 0 aromatic carbocycles. The minimum absolute atomic E-state index is 0. The van der Waals surface area contributed by atoms with Crippen LogP contribution in [0.2, 0.25) is 0 Å². The van der Waals surface area contributed by atoms with Gasteiger partial charge in [-0.25, -0.2) is 4.79 Å². The van der Waals surface area contributed by atoms with E-state index in [0.29, 0.717) is 6.61 Å². The van der Waals surface area contributed by atoms with Gasteiger partial charge in [0.2, 0.25) is 0 Å². The zero-order chi connectivity index (χ0) is 7.11. The van der Waals surface area contributed by atoms with Gasteiger partial charge in [-0.3, -0.25) is 0 Å². The Morgan fingerprint density at radius 3 is 2.80 bits per heavy atom. The molecular weight excluding hydrogens is 175 g/mol. The molecule has 0 aliphatic rings. The van der Waals surface area contributed by atoms with Crippen molar-refractivity contribution in [2.24, 2.45) is 0 Å². The number of esters is 1. The average Bonchev–Trinajstić information content (AvgIpc) is 1.89. The van der Waals surface area contributed by atoms with Crippen LogP contribution in [0.25, 0.3) is 0 Å². The first kappa shape index (κ1) is 13.8. The van der Waals surface area contributed by atoms with E-state index in [2.05, 4.69) is 23.9 Å². The van der Waals surface area contributed by atoms with Gasteiger partial charge in [-0.1, -0.05) is 6.58 Å². The molecule has 0 saturated heterocycles. The number of ether oxygens (including phenoxy) is 1. The van der Waals surface area contributed by atoms with Gasteiger partial charge in [0.05, 0.1) is 6.61 Å². The molecule has 0 heterocycles. The molecule has 0 atom stereocenters. The third kappa shape index (κ3) is 9.20. The van der Waals surface area contributed by atoms with Crippen molar-refractivity contribution < 1.29 is 62.3 Å². The minimum Gasteiger partial charge on any atom is -1.00 e. The smallest absolute Gasteiger partial charge is 1.00 e. The molecule has 0 spiro atoms. The second kappa shape index (κ2) is 10.2. The van der Waals surface area contributed by atoms with Crippen molar-refractivity contribution in [1.29, 1.82) is 0 Å². The standard InChI is InChI=1S/C6H10O2S.K.H/c1-2-6(7)8-4-3-5-9;;/h2,9H,1,3-5H2;;/q;+1;-1. The summed E-state index contributed by atoms with van der Waals surface area (Å²) in [5.41, 5.74) is 0. The first-order valence-corrected chi connectivity index (χ1v) is 3.34. The zero-order valence-electron chi connectivity index (χ0n) is 7.17. The van der Waals surface area contributed by atoms with Crippen molar-refractivity contribution in [3.63, 3.8) is 0 Å². The summed E-state index contributed by atoms with van der Waals surface area (Å²) in [5, 5.41) is 0. The molecule has 0 radical (unpaired) electrons. The quantitative estimate of drug-likeness (QED) is 0.183. The van der Waals surface area contributed by atoms with E-state index in [1.54, 1.807) is 0 Å². The van der Waals surface area contributed by atoms with Gasteiger partial charge in [-0.05, 0) is 12.2 Å². The summed E-state index contributed by atoms with van der Waals surface area (Å²) < 4.78 is 4.63. The molecule has 2 nitrogen and oxygen atoms in total. The Morgan fingerprint density at radius 2 is 2.40 bits per heavy atom. The molecule has 0 fully saturated rings. The fraction of sp³-hybridized carbons (Fsp3) is 0.500. The Morgan fingerprint density at radius 1 is 1.80 bits per heavy atom. The molecule has 0 aliphatic carbocycles. The Kier molecular flexibility index (Phi) is 14.0. The Labute approximate surface area is 111 Å². The maximum absolute atomic E-state index is 10.3. The van der Waals surface area contributed by atoms with Crippen molar-refractivity contribution in [3.8, 4) is 0 Å². The average molecular weight is 186 g/mol. The van der Waals surface area contributed by atoms with E-state index in [0.717, 1.165) is 18.2 Å². The Bertz CT molecular complexity index is 111. The van der Waals surface area contributed by atoms with E-state index in [1.165, 1.54) is 0 Å². The number of thiol groups is 1. The van der Waals surface area contributed by atoms with Gasteiger partial charge < -0.3 is 6.16 Å². The van der Waals surface area contributed by atoms with Crippen LogP contribution in [-0.2, 0) is 9.53 Å². The minimum atomic E-state index is -0.364. The van der Waals surface area contributed by atoms with Crippen LogP contribution in [-0.4, -0.2) is 18.3 Å². The van der Waals surface area contributed by atoms with Crippen molar-refractivity contribution in [3.05, 3.63) is 12.7 Å². The zero-order valence-corrected chi connectivity index (χ0v) is 10.2. The van der Waals surface area contributed by atoms with E-state index in [9.17, 15) is 4.79 Å². The second-order valence-corrected chi connectivity index (χ2v) is 1.90. The van der Waals surface area contributed by atoms with E-state index >= 15 is 0 Å². The van der Waals surface area contributed by atoms with Gasteiger partial charge in [0, 0.05) is 6.08 Å². The molecule has 0 N–H and O–H groups in total. The third-order valence-electron chi connectivity index (χ3n) is 0.713. The van der Waals surface area contributed by atoms with Crippen LogP contribution < -0.4 is 51.4 Å². The first-order valence-electron chi connectivity index (χ1n) is 2.71. The van der Waals surface area contributed by atoms with Crippen molar-refractivity contribution in [2.45, 2.75) is 6.42 Å². The summed E-state index contributed by atoms with van der Waals surface area (Å²) in [5.74, 6) is 0.376. The van der Waals surface area contributed by atoms with Crippen LogP contribution in [0.5, 0.6) is 0 Å². The normalized spacial score (nSPS) is 7.70. The summed E-state index contributed by atoms with van der Waals surface area (Å²) in [4.78, 5) is 10.3.